The first-order valence-corrected chi connectivity index (χ1v) is 15.9. The number of piperidine rings is 1. The number of benzene rings is 3. The average molecular weight is 632 g/mol. The van der Waals surface area contributed by atoms with E-state index in [0.717, 1.165) is 52.3 Å². The van der Waals surface area contributed by atoms with Crippen LogP contribution in [0.3, 0.4) is 0 Å². The van der Waals surface area contributed by atoms with Crippen molar-refractivity contribution < 1.29 is 33.2 Å². The van der Waals surface area contributed by atoms with E-state index in [4.69, 9.17) is 28.4 Å². The van der Waals surface area contributed by atoms with Gasteiger partial charge in [0.15, 0.2) is 0 Å². The molecule has 10 heteroatoms. The number of aromatic nitrogens is 2. The molecule has 1 N–H and O–H groups in total. The van der Waals surface area contributed by atoms with Crippen molar-refractivity contribution in [3.63, 3.8) is 0 Å². The Morgan fingerprint density at radius 1 is 0.935 bits per heavy atom. The zero-order valence-corrected chi connectivity index (χ0v) is 27.2. The van der Waals surface area contributed by atoms with Crippen LogP contribution in [0.25, 0.3) is 11.0 Å². The fraction of sp³-hybridized carbons (Fsp3) is 0.444. The molecule has 0 aliphatic carbocycles. The highest BCUT2D eigenvalue weighted by Gasteiger charge is 2.35. The standard InChI is InChI=1S/C36H45N3O7/c1-36(2,3)46-35(40)39-18-17-29(33(23-39)45-22-21-44-32-12-7-10-30-34(32)38-25-37-30)26-13-15-28(16-14-26)43-20-8-19-42-24-27-9-5-6-11-31(27)41-4/h5-7,9-16,25,29,33H,8,17-24H2,1-4H3,(H,37,38). The van der Waals surface area contributed by atoms with Gasteiger partial charge in [-0.1, -0.05) is 36.4 Å². The third-order valence-corrected chi connectivity index (χ3v) is 7.76. The average Bonchev–Trinajstić information content (AvgIpc) is 3.54. The number of fused-ring (bicyclic) bond motifs is 1. The second-order valence-electron chi connectivity index (χ2n) is 12.3. The molecule has 2 unspecified atom stereocenters. The number of para-hydroxylation sites is 2. The third kappa shape index (κ3) is 9.14. The zero-order valence-electron chi connectivity index (χ0n) is 27.2. The van der Waals surface area contributed by atoms with Crippen LogP contribution in [0.4, 0.5) is 4.79 Å². The van der Waals surface area contributed by atoms with Gasteiger partial charge in [-0.25, -0.2) is 9.78 Å². The van der Waals surface area contributed by atoms with Crippen LogP contribution >= 0.6 is 0 Å². The molecule has 4 aromatic rings. The van der Waals surface area contributed by atoms with Crippen LogP contribution in [0, 0.1) is 0 Å². The number of imidazole rings is 1. The maximum absolute atomic E-state index is 12.9. The Labute approximate surface area is 270 Å². The molecule has 1 aliphatic rings. The normalized spacial score (nSPS) is 16.7. The van der Waals surface area contributed by atoms with Crippen LogP contribution in [0.5, 0.6) is 17.2 Å². The van der Waals surface area contributed by atoms with E-state index >= 15 is 0 Å². The summed E-state index contributed by atoms with van der Waals surface area (Å²) in [5, 5.41) is 0. The first-order valence-electron chi connectivity index (χ1n) is 15.9. The lowest BCUT2D eigenvalue weighted by atomic mass is 9.87. The number of aromatic amines is 1. The molecular weight excluding hydrogens is 586 g/mol. The third-order valence-electron chi connectivity index (χ3n) is 7.76. The maximum Gasteiger partial charge on any atom is 0.410 e. The summed E-state index contributed by atoms with van der Waals surface area (Å²) in [5.41, 5.74) is 3.31. The van der Waals surface area contributed by atoms with Crippen molar-refractivity contribution in [2.45, 2.75) is 57.8 Å². The number of hydrogen-bond acceptors (Lipinski definition) is 8. The molecule has 10 nitrogen and oxygen atoms in total. The summed E-state index contributed by atoms with van der Waals surface area (Å²) in [4.78, 5) is 22.1. The van der Waals surface area contributed by atoms with Crippen LogP contribution in [0.15, 0.2) is 73.1 Å². The van der Waals surface area contributed by atoms with Crippen molar-refractivity contribution in [1.29, 1.82) is 0 Å². The number of likely N-dealkylation sites (tertiary alicyclic amines) is 1. The molecule has 1 aliphatic heterocycles. The first-order chi connectivity index (χ1) is 22.3. The minimum Gasteiger partial charge on any atom is -0.496 e. The van der Waals surface area contributed by atoms with E-state index in [1.165, 1.54) is 0 Å². The number of rotatable bonds is 14. The smallest absolute Gasteiger partial charge is 0.410 e. The van der Waals surface area contributed by atoms with Gasteiger partial charge < -0.3 is 38.3 Å². The van der Waals surface area contributed by atoms with E-state index in [1.807, 2.05) is 75.4 Å². The van der Waals surface area contributed by atoms with Gasteiger partial charge in [0.1, 0.15) is 35.0 Å². The molecule has 1 aromatic heterocycles. The van der Waals surface area contributed by atoms with Gasteiger partial charge in [-0.05, 0) is 63.1 Å². The number of carbonyl (C=O) groups excluding carboxylic acids is 1. The van der Waals surface area contributed by atoms with Crippen LogP contribution in [-0.2, 0) is 20.8 Å². The minimum atomic E-state index is -0.566. The quantitative estimate of drug-likeness (QED) is 0.153. The molecule has 0 saturated carbocycles. The van der Waals surface area contributed by atoms with Gasteiger partial charge in [0, 0.05) is 24.4 Å². The van der Waals surface area contributed by atoms with Crippen molar-refractivity contribution in [3.05, 3.63) is 84.2 Å². The van der Waals surface area contributed by atoms with Gasteiger partial charge in [0.25, 0.3) is 0 Å². The zero-order chi connectivity index (χ0) is 32.4. The first kappa shape index (κ1) is 33.1. The summed E-state index contributed by atoms with van der Waals surface area (Å²) in [5.74, 6) is 2.47. The van der Waals surface area contributed by atoms with Gasteiger partial charge in [-0.3, -0.25) is 0 Å². The molecule has 0 bridgehead atoms. The molecule has 46 heavy (non-hydrogen) atoms. The number of methoxy groups -OCH3 is 1. The number of ether oxygens (including phenoxy) is 6. The fourth-order valence-corrected chi connectivity index (χ4v) is 5.54. The fourth-order valence-electron chi connectivity index (χ4n) is 5.54. The largest absolute Gasteiger partial charge is 0.496 e. The highest BCUT2D eigenvalue weighted by molar-refractivity contribution is 5.81. The van der Waals surface area contributed by atoms with Crippen LogP contribution in [-0.4, -0.2) is 79.3 Å². The van der Waals surface area contributed by atoms with E-state index in [9.17, 15) is 4.79 Å². The summed E-state index contributed by atoms with van der Waals surface area (Å²) in [7, 11) is 1.67. The SMILES string of the molecule is COc1ccccc1COCCCOc1ccc(C2CCN(C(=O)OC(C)(C)C)CC2OCCOc2cccc3nc[nH]c23)cc1. The van der Waals surface area contributed by atoms with E-state index in [0.29, 0.717) is 46.1 Å². The van der Waals surface area contributed by atoms with Gasteiger partial charge in [0.2, 0.25) is 0 Å². The van der Waals surface area contributed by atoms with E-state index in [-0.39, 0.29) is 18.1 Å². The van der Waals surface area contributed by atoms with Crippen molar-refractivity contribution in [1.82, 2.24) is 14.9 Å². The number of H-pyrrole nitrogens is 1. The molecule has 246 valence electrons. The van der Waals surface area contributed by atoms with Crippen LogP contribution in [0.2, 0.25) is 0 Å². The Morgan fingerprint density at radius 2 is 1.74 bits per heavy atom. The summed E-state index contributed by atoms with van der Waals surface area (Å²) in [6.45, 7) is 9.03. The van der Waals surface area contributed by atoms with Gasteiger partial charge in [0.05, 0.1) is 58.0 Å². The minimum absolute atomic E-state index is 0.104. The molecule has 0 spiro atoms. The van der Waals surface area contributed by atoms with Gasteiger partial charge in [-0.2, -0.15) is 0 Å². The summed E-state index contributed by atoms with van der Waals surface area (Å²) in [6, 6.07) is 21.8. The van der Waals surface area contributed by atoms with Gasteiger partial charge >= 0.3 is 6.09 Å². The second-order valence-corrected chi connectivity index (χ2v) is 12.3. The molecule has 0 radical (unpaired) electrons. The van der Waals surface area contributed by atoms with Crippen molar-refractivity contribution >= 4 is 17.1 Å². The molecule has 5 rings (SSSR count). The van der Waals surface area contributed by atoms with Crippen molar-refractivity contribution in [2.24, 2.45) is 0 Å². The Hall–Kier alpha value is -4.28. The predicted octanol–water partition coefficient (Wildman–Crippen LogP) is 6.75. The topological polar surface area (TPSA) is 104 Å². The molecule has 1 fully saturated rings. The maximum atomic E-state index is 12.9. The molecule has 3 aromatic carbocycles. The molecular formula is C36H45N3O7. The number of nitrogens with one attached hydrogen (secondary N) is 1. The summed E-state index contributed by atoms with van der Waals surface area (Å²) < 4.78 is 35.3. The summed E-state index contributed by atoms with van der Waals surface area (Å²) >= 11 is 0. The van der Waals surface area contributed by atoms with E-state index in [2.05, 4.69) is 22.1 Å². The summed E-state index contributed by atoms with van der Waals surface area (Å²) in [6.07, 6.45) is 2.63. The highest BCUT2D eigenvalue weighted by Crippen LogP contribution is 2.32. The number of nitrogens with zero attached hydrogens (tertiary/aromatic N) is 2. The van der Waals surface area contributed by atoms with Crippen LogP contribution in [0.1, 0.15) is 50.7 Å². The second kappa shape index (κ2) is 15.8. The molecule has 2 heterocycles. The lowest BCUT2D eigenvalue weighted by Crippen LogP contribution is -2.48. The van der Waals surface area contributed by atoms with Crippen LogP contribution < -0.4 is 14.2 Å². The van der Waals surface area contributed by atoms with E-state index < -0.39 is 5.60 Å². The van der Waals surface area contributed by atoms with Gasteiger partial charge in [-0.15, -0.1) is 0 Å². The monoisotopic (exact) mass is 631 g/mol. The molecule has 1 saturated heterocycles. The predicted molar refractivity (Wildman–Crippen MR) is 176 cm³/mol. The highest BCUT2D eigenvalue weighted by atomic mass is 16.6. The lowest BCUT2D eigenvalue weighted by molar-refractivity contribution is -0.0357. The molecule has 1 amide bonds. The molecule has 2 atom stereocenters. The van der Waals surface area contributed by atoms with Crippen molar-refractivity contribution in [2.75, 3.05) is 46.6 Å². The number of hydrogen-bond donors (Lipinski definition) is 1. The number of carbonyl (C=O) groups is 1. The lowest BCUT2D eigenvalue weighted by Gasteiger charge is -2.39. The Bertz CT molecular complexity index is 1530. The van der Waals surface area contributed by atoms with E-state index in [1.54, 1.807) is 18.3 Å². The Kier molecular flexibility index (Phi) is 11.4. The Balaban J connectivity index is 1.13. The van der Waals surface area contributed by atoms with Crippen molar-refractivity contribution in [3.8, 4) is 17.2 Å². The number of amides is 1. The Morgan fingerprint density at radius 3 is 2.54 bits per heavy atom.